The lowest BCUT2D eigenvalue weighted by Gasteiger charge is -2.33. The van der Waals surface area contributed by atoms with Crippen molar-refractivity contribution in [2.75, 3.05) is 26.2 Å². The van der Waals surface area contributed by atoms with Gasteiger partial charge in [0.25, 0.3) is 0 Å². The zero-order valence-corrected chi connectivity index (χ0v) is 12.9. The molecule has 1 saturated heterocycles. The average molecular weight is 332 g/mol. The Morgan fingerprint density at radius 1 is 1.32 bits per heavy atom. The molecule has 1 aliphatic heterocycles. The van der Waals surface area contributed by atoms with Gasteiger partial charge >= 0.3 is 0 Å². The second-order valence-corrected chi connectivity index (χ2v) is 4.64. The van der Waals surface area contributed by atoms with Gasteiger partial charge in [0.1, 0.15) is 16.6 Å². The Bertz CT molecular complexity index is 414. The highest BCUT2D eigenvalue weighted by atomic mass is 35.5. The monoisotopic (exact) mass is 330 g/mol. The Morgan fingerprint density at radius 3 is 2.47 bits per heavy atom. The molecule has 1 aromatic rings. The van der Waals surface area contributed by atoms with Gasteiger partial charge in [0.2, 0.25) is 0 Å². The van der Waals surface area contributed by atoms with E-state index in [-0.39, 0.29) is 41.6 Å². The second kappa shape index (κ2) is 8.12. The third-order valence-electron chi connectivity index (χ3n) is 3.25. The molecule has 0 radical (unpaired) electrons. The zero-order chi connectivity index (χ0) is 12.4. The smallest absolute Gasteiger partial charge is 0.145 e. The Kier molecular flexibility index (Phi) is 8.01. The van der Waals surface area contributed by atoms with Gasteiger partial charge in [-0.2, -0.15) is 0 Å². The minimum absolute atomic E-state index is 0. The van der Waals surface area contributed by atoms with Crippen LogP contribution in [0.2, 0.25) is 5.02 Å². The fourth-order valence-electron chi connectivity index (χ4n) is 2.16. The summed E-state index contributed by atoms with van der Waals surface area (Å²) < 4.78 is 13.1. The van der Waals surface area contributed by atoms with Crippen LogP contribution in [0.1, 0.15) is 18.5 Å². The van der Waals surface area contributed by atoms with Crippen molar-refractivity contribution in [2.24, 2.45) is 0 Å². The van der Waals surface area contributed by atoms with Crippen molar-refractivity contribution in [1.29, 1.82) is 0 Å². The fourth-order valence-corrected chi connectivity index (χ4v) is 2.33. The highest BCUT2D eigenvalue weighted by Crippen LogP contribution is 2.35. The first-order valence-corrected chi connectivity index (χ1v) is 6.10. The minimum atomic E-state index is -0.583. The van der Waals surface area contributed by atoms with E-state index in [1.165, 1.54) is 6.07 Å². The molecule has 0 aliphatic carbocycles. The summed E-state index contributed by atoms with van der Waals surface area (Å²) in [6.07, 6.45) is 0. The van der Waals surface area contributed by atoms with Gasteiger partial charge in [0, 0.05) is 37.8 Å². The van der Waals surface area contributed by atoms with Crippen LogP contribution in [0, 0.1) is 5.82 Å². The third-order valence-corrected chi connectivity index (χ3v) is 3.61. The number of hydrogen-bond donors (Lipinski definition) is 2. The van der Waals surface area contributed by atoms with E-state index in [1.807, 2.05) is 6.92 Å². The Labute approximate surface area is 129 Å². The summed E-state index contributed by atoms with van der Waals surface area (Å²) in [4.78, 5) is 2.24. The zero-order valence-electron chi connectivity index (χ0n) is 10.5. The molecule has 1 fully saturated rings. The molecule has 0 aromatic heterocycles. The number of aromatic hydroxyl groups is 1. The number of piperazine rings is 1. The lowest BCUT2D eigenvalue weighted by molar-refractivity contribution is 0.183. The largest absolute Gasteiger partial charge is 0.506 e. The van der Waals surface area contributed by atoms with Crippen molar-refractivity contribution in [1.82, 2.24) is 10.2 Å². The van der Waals surface area contributed by atoms with Crippen molar-refractivity contribution in [2.45, 2.75) is 13.0 Å². The maximum Gasteiger partial charge on any atom is 0.145 e. The molecule has 7 heteroatoms. The number of phenolic OH excluding ortho intramolecular Hbond substituents is 1. The van der Waals surface area contributed by atoms with E-state index in [0.717, 1.165) is 26.2 Å². The van der Waals surface area contributed by atoms with Gasteiger partial charge in [-0.3, -0.25) is 4.90 Å². The summed E-state index contributed by atoms with van der Waals surface area (Å²) in [5.41, 5.74) is 0.679. The van der Waals surface area contributed by atoms with Crippen molar-refractivity contribution in [3.63, 3.8) is 0 Å². The van der Waals surface area contributed by atoms with Crippen LogP contribution in [0.25, 0.3) is 0 Å². The highest BCUT2D eigenvalue weighted by Gasteiger charge is 2.22. The number of hydrogen-bond acceptors (Lipinski definition) is 3. The van der Waals surface area contributed by atoms with Crippen LogP contribution in [0.15, 0.2) is 12.1 Å². The van der Waals surface area contributed by atoms with E-state index in [0.29, 0.717) is 5.56 Å². The van der Waals surface area contributed by atoms with Crippen LogP contribution in [0.4, 0.5) is 4.39 Å². The van der Waals surface area contributed by atoms with Gasteiger partial charge in [0.05, 0.1) is 0 Å². The quantitative estimate of drug-likeness (QED) is 0.874. The summed E-state index contributed by atoms with van der Waals surface area (Å²) in [6.45, 7) is 5.68. The summed E-state index contributed by atoms with van der Waals surface area (Å²) in [5.74, 6) is -0.724. The molecule has 2 N–H and O–H groups in total. The molecule has 1 aromatic carbocycles. The topological polar surface area (TPSA) is 35.5 Å². The first kappa shape index (κ1) is 18.7. The van der Waals surface area contributed by atoms with Crippen molar-refractivity contribution < 1.29 is 9.50 Å². The standard InChI is InChI=1S/C12H16ClFN2O.2ClH/c1-8(16-6-4-15-5-7-16)9-2-3-10(14)11(13)12(9)17;;/h2-3,8,15,17H,4-7H2,1H3;2*1H/t8-;;/m1../s1. The lowest BCUT2D eigenvalue weighted by Crippen LogP contribution is -2.44. The van der Waals surface area contributed by atoms with Crippen LogP contribution >= 0.6 is 36.4 Å². The minimum Gasteiger partial charge on any atom is -0.506 e. The number of nitrogens with one attached hydrogen (secondary N) is 1. The van der Waals surface area contributed by atoms with Gasteiger partial charge in [-0.25, -0.2) is 4.39 Å². The van der Waals surface area contributed by atoms with Crippen LogP contribution < -0.4 is 5.32 Å². The van der Waals surface area contributed by atoms with Gasteiger partial charge in [0.15, 0.2) is 0 Å². The molecule has 2 rings (SSSR count). The summed E-state index contributed by atoms with van der Waals surface area (Å²) >= 11 is 5.71. The highest BCUT2D eigenvalue weighted by molar-refractivity contribution is 6.32. The SMILES string of the molecule is C[C@H](c1ccc(F)c(Cl)c1O)N1CCNCC1.Cl.Cl. The number of nitrogens with zero attached hydrogens (tertiary/aromatic N) is 1. The van der Waals surface area contributed by atoms with Crippen molar-refractivity contribution >= 4 is 36.4 Å². The fraction of sp³-hybridized carbons (Fsp3) is 0.500. The van der Waals surface area contributed by atoms with Gasteiger partial charge in [-0.1, -0.05) is 17.7 Å². The summed E-state index contributed by atoms with van der Waals surface area (Å²) in [5, 5.41) is 12.9. The average Bonchev–Trinajstić information content (AvgIpc) is 2.36. The van der Waals surface area contributed by atoms with Crippen molar-refractivity contribution in [3.8, 4) is 5.75 Å². The summed E-state index contributed by atoms with van der Waals surface area (Å²) in [7, 11) is 0. The van der Waals surface area contributed by atoms with Gasteiger partial charge < -0.3 is 10.4 Å². The second-order valence-electron chi connectivity index (χ2n) is 4.26. The normalized spacial score (nSPS) is 17.2. The molecule has 110 valence electrons. The first-order chi connectivity index (χ1) is 8.11. The molecule has 0 unspecified atom stereocenters. The molecule has 1 heterocycles. The molecule has 1 atom stereocenters. The number of halogens is 4. The van der Waals surface area contributed by atoms with Crippen LogP contribution in [0.3, 0.4) is 0 Å². The van der Waals surface area contributed by atoms with Gasteiger partial charge in [-0.05, 0) is 13.0 Å². The molecule has 0 amide bonds. The molecule has 3 nitrogen and oxygen atoms in total. The Morgan fingerprint density at radius 2 is 1.89 bits per heavy atom. The Hall–Kier alpha value is -0.260. The number of phenols is 1. The predicted molar refractivity (Wildman–Crippen MR) is 80.4 cm³/mol. The molecule has 19 heavy (non-hydrogen) atoms. The predicted octanol–water partition coefficient (Wildman–Crippen LogP) is 2.99. The lowest BCUT2D eigenvalue weighted by atomic mass is 10.0. The first-order valence-electron chi connectivity index (χ1n) is 5.73. The number of rotatable bonds is 2. The van der Waals surface area contributed by atoms with E-state index >= 15 is 0 Å². The maximum absolute atomic E-state index is 13.1. The van der Waals surface area contributed by atoms with E-state index in [2.05, 4.69) is 10.2 Å². The van der Waals surface area contributed by atoms with E-state index < -0.39 is 5.82 Å². The van der Waals surface area contributed by atoms with Crippen LogP contribution in [-0.2, 0) is 0 Å². The van der Waals surface area contributed by atoms with Gasteiger partial charge in [-0.15, -0.1) is 24.8 Å². The summed E-state index contributed by atoms with van der Waals surface area (Å²) in [6, 6.07) is 2.94. The van der Waals surface area contributed by atoms with Crippen molar-refractivity contribution in [3.05, 3.63) is 28.5 Å². The van der Waals surface area contributed by atoms with Crippen LogP contribution in [-0.4, -0.2) is 36.2 Å². The molecule has 1 aliphatic rings. The van der Waals surface area contributed by atoms with Crippen LogP contribution in [0.5, 0.6) is 5.75 Å². The number of benzene rings is 1. The molecule has 0 saturated carbocycles. The molecule has 0 spiro atoms. The molecular weight excluding hydrogens is 314 g/mol. The third kappa shape index (κ3) is 4.10. The molecular formula is C12H18Cl3FN2O. The van der Waals surface area contributed by atoms with E-state index in [9.17, 15) is 9.50 Å². The Balaban J connectivity index is 0.00000162. The molecule has 0 bridgehead atoms. The maximum atomic E-state index is 13.1. The van der Waals surface area contributed by atoms with E-state index in [4.69, 9.17) is 11.6 Å². The van der Waals surface area contributed by atoms with E-state index in [1.54, 1.807) is 6.07 Å².